The summed E-state index contributed by atoms with van der Waals surface area (Å²) in [5.41, 5.74) is 1.30. The van der Waals surface area contributed by atoms with E-state index in [1.165, 1.54) is 10.5 Å². The molecule has 2 rings (SSSR count). The van der Waals surface area contributed by atoms with Crippen molar-refractivity contribution in [3.8, 4) is 5.75 Å². The summed E-state index contributed by atoms with van der Waals surface area (Å²) in [7, 11) is 3.68. The van der Waals surface area contributed by atoms with E-state index >= 15 is 0 Å². The number of ether oxygens (including phenoxy) is 1. The Kier molecular flexibility index (Phi) is 4.88. The van der Waals surface area contributed by atoms with Crippen molar-refractivity contribution in [2.45, 2.75) is 22.8 Å². The number of hydrogen-bond donors (Lipinski definition) is 1. The lowest BCUT2D eigenvalue weighted by atomic mass is 10.1. The normalized spacial score (nSPS) is 12.2. The highest BCUT2D eigenvalue weighted by atomic mass is 32.2. The maximum Gasteiger partial charge on any atom is 0.132 e. The van der Waals surface area contributed by atoms with Gasteiger partial charge in [0.25, 0.3) is 0 Å². The lowest BCUT2D eigenvalue weighted by molar-refractivity contribution is 0.405. The zero-order valence-corrected chi connectivity index (χ0v) is 12.3. The molecule has 0 aliphatic carbocycles. The Labute approximate surface area is 119 Å². The van der Waals surface area contributed by atoms with E-state index in [1.807, 2.05) is 25.2 Å². The quantitative estimate of drug-likeness (QED) is 0.885. The third kappa shape index (κ3) is 3.52. The van der Waals surface area contributed by atoms with E-state index < -0.39 is 0 Å². The minimum Gasteiger partial charge on any atom is -0.496 e. The summed E-state index contributed by atoms with van der Waals surface area (Å²) in [6, 6.07) is 17.1. The SMILES string of the molecule is CNC(C)c1ccc(Sc2ccccc2OC)cc1. The second kappa shape index (κ2) is 6.64. The maximum atomic E-state index is 5.37. The average Bonchev–Trinajstić information content (AvgIpc) is 2.48. The topological polar surface area (TPSA) is 21.3 Å². The van der Waals surface area contributed by atoms with Crippen LogP contribution in [0.25, 0.3) is 0 Å². The molecule has 0 aliphatic rings. The van der Waals surface area contributed by atoms with Gasteiger partial charge >= 0.3 is 0 Å². The Morgan fingerprint density at radius 3 is 2.37 bits per heavy atom. The van der Waals surface area contributed by atoms with Gasteiger partial charge in [0.05, 0.1) is 12.0 Å². The lowest BCUT2D eigenvalue weighted by Gasteiger charge is -2.11. The average molecular weight is 273 g/mol. The molecule has 1 N–H and O–H groups in total. The van der Waals surface area contributed by atoms with Crippen molar-refractivity contribution in [1.82, 2.24) is 5.32 Å². The van der Waals surface area contributed by atoms with Crippen LogP contribution < -0.4 is 10.1 Å². The van der Waals surface area contributed by atoms with Gasteiger partial charge in [-0.25, -0.2) is 0 Å². The first-order valence-corrected chi connectivity index (χ1v) is 7.14. The number of methoxy groups -OCH3 is 1. The summed E-state index contributed by atoms with van der Waals surface area (Å²) in [5.74, 6) is 0.917. The Balaban J connectivity index is 2.15. The van der Waals surface area contributed by atoms with E-state index in [1.54, 1.807) is 18.9 Å². The van der Waals surface area contributed by atoms with Gasteiger partial charge in [-0.3, -0.25) is 0 Å². The van der Waals surface area contributed by atoms with E-state index in [-0.39, 0.29) is 0 Å². The molecular weight excluding hydrogens is 254 g/mol. The van der Waals surface area contributed by atoms with Gasteiger partial charge in [0.1, 0.15) is 5.75 Å². The second-order valence-corrected chi connectivity index (χ2v) is 5.45. The molecule has 0 saturated carbocycles. The number of rotatable bonds is 5. The highest BCUT2D eigenvalue weighted by molar-refractivity contribution is 7.99. The molecule has 1 unspecified atom stereocenters. The van der Waals surface area contributed by atoms with E-state index in [9.17, 15) is 0 Å². The predicted molar refractivity (Wildman–Crippen MR) is 81.0 cm³/mol. The van der Waals surface area contributed by atoms with Gasteiger partial charge in [-0.2, -0.15) is 0 Å². The van der Waals surface area contributed by atoms with Crippen molar-refractivity contribution in [2.24, 2.45) is 0 Å². The molecule has 0 bridgehead atoms. The number of nitrogens with one attached hydrogen (secondary N) is 1. The number of hydrogen-bond acceptors (Lipinski definition) is 3. The zero-order chi connectivity index (χ0) is 13.7. The highest BCUT2D eigenvalue weighted by Gasteiger charge is 2.05. The van der Waals surface area contributed by atoms with Crippen molar-refractivity contribution in [1.29, 1.82) is 0 Å². The van der Waals surface area contributed by atoms with Crippen LogP contribution in [0.3, 0.4) is 0 Å². The van der Waals surface area contributed by atoms with Crippen LogP contribution in [0.2, 0.25) is 0 Å². The van der Waals surface area contributed by atoms with Crippen molar-refractivity contribution in [3.05, 3.63) is 54.1 Å². The van der Waals surface area contributed by atoms with Gasteiger partial charge in [0.2, 0.25) is 0 Å². The smallest absolute Gasteiger partial charge is 0.132 e. The molecule has 3 heteroatoms. The summed E-state index contributed by atoms with van der Waals surface area (Å²) < 4.78 is 5.37. The van der Waals surface area contributed by atoms with Gasteiger partial charge in [0.15, 0.2) is 0 Å². The fourth-order valence-corrected chi connectivity index (χ4v) is 2.75. The van der Waals surface area contributed by atoms with Crippen LogP contribution in [0.1, 0.15) is 18.5 Å². The molecule has 0 heterocycles. The predicted octanol–water partition coefficient (Wildman–Crippen LogP) is 4.13. The van der Waals surface area contributed by atoms with Crippen molar-refractivity contribution in [3.63, 3.8) is 0 Å². The summed E-state index contributed by atoms with van der Waals surface area (Å²) in [6.07, 6.45) is 0. The van der Waals surface area contributed by atoms with Crippen LogP contribution in [0.4, 0.5) is 0 Å². The van der Waals surface area contributed by atoms with Crippen molar-refractivity contribution < 1.29 is 4.74 Å². The molecule has 19 heavy (non-hydrogen) atoms. The van der Waals surface area contributed by atoms with E-state index in [4.69, 9.17) is 4.74 Å². The largest absolute Gasteiger partial charge is 0.496 e. The molecule has 0 radical (unpaired) electrons. The molecule has 2 aromatic carbocycles. The van der Waals surface area contributed by atoms with Gasteiger partial charge in [-0.1, -0.05) is 36.0 Å². The first-order chi connectivity index (χ1) is 9.24. The lowest BCUT2D eigenvalue weighted by Crippen LogP contribution is -2.11. The third-order valence-corrected chi connectivity index (χ3v) is 4.18. The second-order valence-electron chi connectivity index (χ2n) is 4.33. The van der Waals surface area contributed by atoms with E-state index in [2.05, 4.69) is 42.6 Å². The Morgan fingerprint density at radius 1 is 1.05 bits per heavy atom. The molecule has 0 amide bonds. The number of para-hydroxylation sites is 1. The van der Waals surface area contributed by atoms with Crippen LogP contribution in [-0.2, 0) is 0 Å². The van der Waals surface area contributed by atoms with Crippen LogP contribution in [0.5, 0.6) is 5.75 Å². The van der Waals surface area contributed by atoms with Gasteiger partial charge in [0, 0.05) is 10.9 Å². The Bertz CT molecular complexity index is 525. The summed E-state index contributed by atoms with van der Waals surface area (Å²) in [4.78, 5) is 2.36. The summed E-state index contributed by atoms with van der Waals surface area (Å²) in [5, 5.41) is 3.24. The highest BCUT2D eigenvalue weighted by Crippen LogP contribution is 2.34. The van der Waals surface area contributed by atoms with Gasteiger partial charge in [-0.05, 0) is 43.8 Å². The fraction of sp³-hybridized carbons (Fsp3) is 0.250. The van der Waals surface area contributed by atoms with E-state index in [0.29, 0.717) is 6.04 Å². The molecule has 100 valence electrons. The molecule has 0 saturated heterocycles. The standard InChI is InChI=1S/C16H19NOS/c1-12(17-2)13-8-10-14(11-9-13)19-16-7-5-4-6-15(16)18-3/h4-12,17H,1-3H3. The zero-order valence-electron chi connectivity index (χ0n) is 11.5. The van der Waals surface area contributed by atoms with E-state index in [0.717, 1.165) is 10.6 Å². The Hall–Kier alpha value is -1.45. The fourth-order valence-electron chi connectivity index (χ4n) is 1.82. The van der Waals surface area contributed by atoms with Gasteiger partial charge < -0.3 is 10.1 Å². The van der Waals surface area contributed by atoms with Crippen LogP contribution in [0.15, 0.2) is 58.3 Å². The molecule has 1 atom stereocenters. The third-order valence-electron chi connectivity index (χ3n) is 3.11. The minimum atomic E-state index is 0.380. The monoisotopic (exact) mass is 273 g/mol. The number of benzene rings is 2. The molecule has 0 aliphatic heterocycles. The maximum absolute atomic E-state index is 5.37. The van der Waals surface area contributed by atoms with Crippen LogP contribution >= 0.6 is 11.8 Å². The first kappa shape index (κ1) is 14.0. The van der Waals surface area contributed by atoms with Gasteiger partial charge in [-0.15, -0.1) is 0 Å². The minimum absolute atomic E-state index is 0.380. The summed E-state index contributed by atoms with van der Waals surface area (Å²) >= 11 is 1.72. The first-order valence-electron chi connectivity index (χ1n) is 6.32. The Morgan fingerprint density at radius 2 is 1.74 bits per heavy atom. The summed E-state index contributed by atoms with van der Waals surface area (Å²) in [6.45, 7) is 2.16. The van der Waals surface area contributed by atoms with Crippen molar-refractivity contribution >= 4 is 11.8 Å². The van der Waals surface area contributed by atoms with Crippen LogP contribution in [-0.4, -0.2) is 14.2 Å². The van der Waals surface area contributed by atoms with Crippen molar-refractivity contribution in [2.75, 3.05) is 14.2 Å². The molecule has 0 spiro atoms. The molecular formula is C16H19NOS. The molecule has 0 fully saturated rings. The molecule has 2 aromatic rings. The molecule has 0 aromatic heterocycles. The molecule has 2 nitrogen and oxygen atoms in total. The van der Waals surface area contributed by atoms with Crippen LogP contribution in [0, 0.1) is 0 Å².